The third-order valence-corrected chi connectivity index (χ3v) is 5.90. The molecule has 3 aromatic rings. The summed E-state index contributed by atoms with van der Waals surface area (Å²) in [4.78, 5) is 12.6. The molecule has 33 heavy (non-hydrogen) atoms. The number of nitrogens with zero attached hydrogens (tertiary/aromatic N) is 1. The Morgan fingerprint density at radius 1 is 1.12 bits per heavy atom. The minimum atomic E-state index is -0.518. The average Bonchev–Trinajstić information content (AvgIpc) is 2.75. The maximum atomic E-state index is 12.6. The quantitative estimate of drug-likeness (QED) is 0.160. The summed E-state index contributed by atoms with van der Waals surface area (Å²) in [5, 5.41) is 21.6. The Balaban J connectivity index is 1.92. The van der Waals surface area contributed by atoms with Crippen LogP contribution in [0.3, 0.4) is 0 Å². The number of hydrogen-bond donors (Lipinski definition) is 2. The zero-order valence-corrected chi connectivity index (χ0v) is 20.9. The largest absolute Gasteiger partial charge is 0.508 e. The molecule has 0 unspecified atom stereocenters. The molecule has 0 spiro atoms. The van der Waals surface area contributed by atoms with Crippen LogP contribution in [0, 0.1) is 28.7 Å². The van der Waals surface area contributed by atoms with Crippen LogP contribution in [0.15, 0.2) is 60.2 Å². The molecule has 3 aromatic carbocycles. The molecule has 0 fully saturated rings. The van der Waals surface area contributed by atoms with Crippen LogP contribution in [0.2, 0.25) is 0 Å². The van der Waals surface area contributed by atoms with E-state index < -0.39 is 5.91 Å². The van der Waals surface area contributed by atoms with Crippen molar-refractivity contribution in [2.45, 2.75) is 27.2 Å². The molecule has 0 bridgehead atoms. The van der Waals surface area contributed by atoms with Gasteiger partial charge in [0.1, 0.15) is 23.1 Å². The predicted molar refractivity (Wildman–Crippen MR) is 139 cm³/mol. The molecule has 0 atom stereocenters. The van der Waals surface area contributed by atoms with Crippen LogP contribution in [-0.2, 0) is 11.2 Å². The maximum Gasteiger partial charge on any atom is 0.266 e. The van der Waals surface area contributed by atoms with Gasteiger partial charge in [0.2, 0.25) is 0 Å². The number of aromatic hydroxyl groups is 1. The van der Waals surface area contributed by atoms with Crippen LogP contribution in [0.1, 0.15) is 34.7 Å². The molecule has 1 amide bonds. The summed E-state index contributed by atoms with van der Waals surface area (Å²) in [6.45, 7) is 6.62. The Kier molecular flexibility index (Phi) is 8.12. The van der Waals surface area contributed by atoms with E-state index in [1.807, 2.05) is 25.1 Å². The van der Waals surface area contributed by atoms with Gasteiger partial charge in [0.25, 0.3) is 5.91 Å². The third-order valence-electron chi connectivity index (χ3n) is 4.94. The lowest BCUT2D eigenvalue weighted by Crippen LogP contribution is -2.13. The summed E-state index contributed by atoms with van der Waals surface area (Å²) < 4.78 is 6.93. The lowest BCUT2D eigenvalue weighted by atomic mass is 9.98. The van der Waals surface area contributed by atoms with Crippen LogP contribution in [-0.4, -0.2) is 17.6 Å². The monoisotopic (exact) mass is 552 g/mol. The first-order chi connectivity index (χ1) is 15.8. The van der Waals surface area contributed by atoms with Crippen molar-refractivity contribution in [1.29, 1.82) is 5.26 Å². The second-order valence-electron chi connectivity index (χ2n) is 7.76. The fourth-order valence-corrected chi connectivity index (χ4v) is 4.42. The second kappa shape index (κ2) is 11.0. The van der Waals surface area contributed by atoms with Gasteiger partial charge in [0, 0.05) is 21.2 Å². The number of phenols is 1. The van der Waals surface area contributed by atoms with E-state index in [0.29, 0.717) is 17.9 Å². The van der Waals surface area contributed by atoms with Crippen molar-refractivity contribution in [2.24, 2.45) is 0 Å². The van der Waals surface area contributed by atoms with E-state index in [1.165, 1.54) is 28.8 Å². The van der Waals surface area contributed by atoms with Crippen molar-refractivity contribution in [3.05, 3.63) is 91.6 Å². The number of carbonyl (C=O) groups excluding carboxylic acids is 1. The lowest BCUT2D eigenvalue weighted by Gasteiger charge is -2.15. The molecule has 2 N–H and O–H groups in total. The average molecular weight is 552 g/mol. The van der Waals surface area contributed by atoms with E-state index in [9.17, 15) is 15.2 Å². The first-order valence-corrected chi connectivity index (χ1v) is 11.6. The zero-order chi connectivity index (χ0) is 24.0. The molecule has 0 aliphatic heterocycles. The number of phenolic OH excluding ortho intramolecular Hbond substituents is 1. The van der Waals surface area contributed by atoms with Gasteiger partial charge >= 0.3 is 0 Å². The standard InChI is InChI=1S/C27H25IN2O3/c1-4-33-26-15-20(12-21(16-29)27(32)30-22-5-7-23(31)8-6-22)14-25(28)24(26)13-19-10-17(2)9-18(3)11-19/h5-12,14-15,31H,4,13H2,1-3H3,(H,30,32)/b21-12+. The topological polar surface area (TPSA) is 82.3 Å². The number of rotatable bonds is 7. The SMILES string of the molecule is CCOc1cc(/C=C(\C#N)C(=O)Nc2ccc(O)cc2)cc(I)c1Cc1cc(C)cc(C)c1. The molecule has 168 valence electrons. The number of hydrogen-bond acceptors (Lipinski definition) is 4. The molecule has 0 heterocycles. The van der Waals surface area contributed by atoms with Crippen molar-refractivity contribution in [3.8, 4) is 17.6 Å². The highest BCUT2D eigenvalue weighted by Crippen LogP contribution is 2.30. The lowest BCUT2D eigenvalue weighted by molar-refractivity contribution is -0.112. The van der Waals surface area contributed by atoms with E-state index in [0.717, 1.165) is 21.3 Å². The summed E-state index contributed by atoms with van der Waals surface area (Å²) in [6, 6.07) is 18.4. The number of aryl methyl sites for hydroxylation is 2. The van der Waals surface area contributed by atoms with Gasteiger partial charge in [-0.3, -0.25) is 4.79 Å². The van der Waals surface area contributed by atoms with E-state index in [2.05, 4.69) is 60.0 Å². The Labute approximate surface area is 207 Å². The molecule has 6 heteroatoms. The first-order valence-electron chi connectivity index (χ1n) is 10.5. The summed E-state index contributed by atoms with van der Waals surface area (Å²) in [6.07, 6.45) is 2.29. The van der Waals surface area contributed by atoms with Crippen molar-refractivity contribution >= 4 is 40.3 Å². The van der Waals surface area contributed by atoms with Gasteiger partial charge < -0.3 is 15.2 Å². The maximum absolute atomic E-state index is 12.6. The molecule has 0 aromatic heterocycles. The van der Waals surface area contributed by atoms with Crippen LogP contribution < -0.4 is 10.1 Å². The Bertz CT molecular complexity index is 1220. The minimum Gasteiger partial charge on any atom is -0.508 e. The molecule has 0 saturated carbocycles. The van der Waals surface area contributed by atoms with E-state index >= 15 is 0 Å². The number of anilines is 1. The van der Waals surface area contributed by atoms with Gasteiger partial charge in [-0.1, -0.05) is 29.3 Å². The number of amides is 1. The highest BCUT2D eigenvalue weighted by molar-refractivity contribution is 14.1. The molecule has 0 aliphatic carbocycles. The normalized spacial score (nSPS) is 11.1. The van der Waals surface area contributed by atoms with Gasteiger partial charge in [-0.2, -0.15) is 5.26 Å². The fraction of sp³-hybridized carbons (Fsp3) is 0.185. The molecule has 3 rings (SSSR count). The Hall–Kier alpha value is -3.31. The zero-order valence-electron chi connectivity index (χ0n) is 18.8. The van der Waals surface area contributed by atoms with Gasteiger partial charge in [0.05, 0.1) is 6.61 Å². The van der Waals surface area contributed by atoms with Crippen molar-refractivity contribution in [3.63, 3.8) is 0 Å². The number of carbonyl (C=O) groups is 1. The highest BCUT2D eigenvalue weighted by Gasteiger charge is 2.14. The van der Waals surface area contributed by atoms with Gasteiger partial charge in [0.15, 0.2) is 0 Å². The van der Waals surface area contributed by atoms with Gasteiger partial charge in [-0.05, 0) is 97.0 Å². The number of halogens is 1. The number of nitrogens with one attached hydrogen (secondary N) is 1. The van der Waals surface area contributed by atoms with Crippen molar-refractivity contribution in [2.75, 3.05) is 11.9 Å². The Morgan fingerprint density at radius 2 is 1.79 bits per heavy atom. The molecule has 0 radical (unpaired) electrons. The number of ether oxygens (including phenoxy) is 1. The van der Waals surface area contributed by atoms with Crippen molar-refractivity contribution in [1.82, 2.24) is 0 Å². The highest BCUT2D eigenvalue weighted by atomic mass is 127. The van der Waals surface area contributed by atoms with E-state index in [4.69, 9.17) is 4.74 Å². The van der Waals surface area contributed by atoms with E-state index in [1.54, 1.807) is 18.2 Å². The predicted octanol–water partition coefficient (Wildman–Crippen LogP) is 6.15. The molecular weight excluding hydrogens is 527 g/mol. The molecule has 5 nitrogen and oxygen atoms in total. The van der Waals surface area contributed by atoms with Crippen LogP contribution in [0.25, 0.3) is 6.08 Å². The summed E-state index contributed by atoms with van der Waals surface area (Å²) >= 11 is 2.28. The smallest absolute Gasteiger partial charge is 0.266 e. The van der Waals surface area contributed by atoms with Crippen LogP contribution in [0.4, 0.5) is 5.69 Å². The third kappa shape index (κ3) is 6.59. The Morgan fingerprint density at radius 3 is 2.39 bits per heavy atom. The summed E-state index contributed by atoms with van der Waals surface area (Å²) in [5.74, 6) is 0.324. The first kappa shape index (κ1) is 24.3. The molecule has 0 aliphatic rings. The van der Waals surface area contributed by atoms with Crippen LogP contribution >= 0.6 is 22.6 Å². The van der Waals surface area contributed by atoms with Gasteiger partial charge in [-0.25, -0.2) is 0 Å². The van der Waals surface area contributed by atoms with Gasteiger partial charge in [-0.15, -0.1) is 0 Å². The van der Waals surface area contributed by atoms with Crippen molar-refractivity contribution < 1.29 is 14.6 Å². The molecule has 0 saturated heterocycles. The van der Waals surface area contributed by atoms with E-state index in [-0.39, 0.29) is 11.3 Å². The number of nitriles is 1. The fourth-order valence-electron chi connectivity index (χ4n) is 3.60. The number of benzene rings is 3. The van der Waals surface area contributed by atoms with Crippen LogP contribution in [0.5, 0.6) is 11.5 Å². The summed E-state index contributed by atoms with van der Waals surface area (Å²) in [5.41, 5.74) is 5.90. The summed E-state index contributed by atoms with van der Waals surface area (Å²) in [7, 11) is 0. The second-order valence-corrected chi connectivity index (χ2v) is 8.92. The minimum absolute atomic E-state index is 0.0246. The molecular formula is C27H25IN2O3.